The summed E-state index contributed by atoms with van der Waals surface area (Å²) in [4.78, 5) is 7.04. The van der Waals surface area contributed by atoms with Crippen LogP contribution in [0.4, 0.5) is 24.8 Å². The smallest absolute Gasteiger partial charge is 0.373 e. The topological polar surface area (TPSA) is 49.8 Å². The minimum Gasteiger partial charge on any atom is -0.373 e. The number of alkyl halides is 3. The van der Waals surface area contributed by atoms with Gasteiger partial charge in [-0.25, -0.2) is 9.97 Å². The number of hydrogen-bond donors (Lipinski definition) is 2. The summed E-state index contributed by atoms with van der Waals surface area (Å²) in [6.07, 6.45) is -1.54. The fourth-order valence-corrected chi connectivity index (χ4v) is 3.59. The van der Waals surface area contributed by atoms with E-state index in [1.165, 1.54) is 13.1 Å². The quantitative estimate of drug-likeness (QED) is 0.868. The number of anilines is 2. The number of nitrogens with one attached hydrogen (secondary N) is 2. The maximum Gasteiger partial charge on any atom is 0.451 e. The van der Waals surface area contributed by atoms with Gasteiger partial charge in [0, 0.05) is 24.4 Å². The molecule has 1 aliphatic rings. The summed E-state index contributed by atoms with van der Waals surface area (Å²) in [7, 11) is 1.54. The summed E-state index contributed by atoms with van der Waals surface area (Å²) in [6, 6.07) is 1.69. The molecule has 1 fully saturated rings. The highest BCUT2D eigenvalue weighted by atomic mass is 32.2. The van der Waals surface area contributed by atoms with Crippen LogP contribution in [0.25, 0.3) is 0 Å². The fraction of sp³-hybridized carbons (Fsp3) is 0.692. The van der Waals surface area contributed by atoms with E-state index >= 15 is 0 Å². The monoisotopic (exact) mass is 320 g/mol. The molecule has 2 rings (SSSR count). The Morgan fingerprint density at radius 3 is 2.62 bits per heavy atom. The van der Waals surface area contributed by atoms with Crippen molar-refractivity contribution >= 4 is 23.4 Å². The molecule has 0 bridgehead atoms. The Hall–Kier alpha value is -1.18. The van der Waals surface area contributed by atoms with Gasteiger partial charge in [-0.1, -0.05) is 6.92 Å². The van der Waals surface area contributed by atoms with Crippen molar-refractivity contribution in [3.8, 4) is 0 Å². The zero-order valence-corrected chi connectivity index (χ0v) is 12.8. The molecule has 8 heteroatoms. The SMILES string of the molecule is CCSC1CCC(Nc2cc(NC)nc(C(F)(F)F)n2)C1. The van der Waals surface area contributed by atoms with Crippen LogP contribution in [0, 0.1) is 0 Å². The molecule has 118 valence electrons. The first-order chi connectivity index (χ1) is 9.92. The van der Waals surface area contributed by atoms with Crippen LogP contribution < -0.4 is 10.6 Å². The molecule has 2 atom stereocenters. The van der Waals surface area contributed by atoms with Crippen LogP contribution in [0.15, 0.2) is 6.07 Å². The lowest BCUT2D eigenvalue weighted by Crippen LogP contribution is -2.20. The highest BCUT2D eigenvalue weighted by Gasteiger charge is 2.35. The van der Waals surface area contributed by atoms with Crippen molar-refractivity contribution < 1.29 is 13.2 Å². The van der Waals surface area contributed by atoms with Gasteiger partial charge < -0.3 is 10.6 Å². The Bertz CT molecular complexity index is 481. The predicted molar refractivity (Wildman–Crippen MR) is 79.8 cm³/mol. The van der Waals surface area contributed by atoms with E-state index < -0.39 is 12.0 Å². The lowest BCUT2D eigenvalue weighted by molar-refractivity contribution is -0.144. The van der Waals surface area contributed by atoms with Crippen LogP contribution in [0.3, 0.4) is 0 Å². The van der Waals surface area contributed by atoms with Crippen LogP contribution in [0.1, 0.15) is 32.0 Å². The molecular weight excluding hydrogens is 301 g/mol. The second-order valence-corrected chi connectivity index (χ2v) is 6.52. The molecule has 1 aromatic heterocycles. The van der Waals surface area contributed by atoms with Crippen LogP contribution in [0.5, 0.6) is 0 Å². The third-order valence-electron chi connectivity index (χ3n) is 3.37. The van der Waals surface area contributed by atoms with Crippen LogP contribution >= 0.6 is 11.8 Å². The van der Waals surface area contributed by atoms with Gasteiger partial charge >= 0.3 is 6.18 Å². The minimum atomic E-state index is -4.54. The van der Waals surface area contributed by atoms with Gasteiger partial charge in [0.15, 0.2) is 0 Å². The summed E-state index contributed by atoms with van der Waals surface area (Å²) in [5.41, 5.74) is 0. The zero-order chi connectivity index (χ0) is 15.5. The van der Waals surface area contributed by atoms with E-state index in [9.17, 15) is 13.2 Å². The van der Waals surface area contributed by atoms with Crippen molar-refractivity contribution in [1.82, 2.24) is 9.97 Å². The van der Waals surface area contributed by atoms with E-state index in [0.29, 0.717) is 5.25 Å². The van der Waals surface area contributed by atoms with Gasteiger partial charge in [0.25, 0.3) is 0 Å². The van der Waals surface area contributed by atoms with Crippen molar-refractivity contribution in [3.63, 3.8) is 0 Å². The fourth-order valence-electron chi connectivity index (χ4n) is 2.44. The molecular formula is C13H19F3N4S. The van der Waals surface area contributed by atoms with Crippen molar-refractivity contribution in [2.75, 3.05) is 23.4 Å². The summed E-state index contributed by atoms with van der Waals surface area (Å²) in [5, 5.41) is 6.33. The Balaban J connectivity index is 2.09. The lowest BCUT2D eigenvalue weighted by Gasteiger charge is -2.16. The molecule has 2 N–H and O–H groups in total. The van der Waals surface area contributed by atoms with Gasteiger partial charge in [0.05, 0.1) is 0 Å². The van der Waals surface area contributed by atoms with E-state index in [1.807, 2.05) is 11.8 Å². The maximum absolute atomic E-state index is 12.8. The molecule has 0 aliphatic heterocycles. The average molecular weight is 320 g/mol. The Morgan fingerprint density at radius 2 is 2.00 bits per heavy atom. The van der Waals surface area contributed by atoms with E-state index in [1.54, 1.807) is 0 Å². The molecule has 0 saturated heterocycles. The summed E-state index contributed by atoms with van der Waals surface area (Å²) in [6.45, 7) is 2.12. The molecule has 0 radical (unpaired) electrons. The third-order valence-corrected chi connectivity index (χ3v) is 4.61. The van der Waals surface area contributed by atoms with E-state index in [2.05, 4.69) is 27.5 Å². The number of nitrogens with zero attached hydrogens (tertiary/aromatic N) is 2. The molecule has 1 aliphatic carbocycles. The van der Waals surface area contributed by atoms with Gasteiger partial charge in [-0.2, -0.15) is 24.9 Å². The molecule has 1 saturated carbocycles. The molecule has 4 nitrogen and oxygen atoms in total. The van der Waals surface area contributed by atoms with Gasteiger partial charge in [0.2, 0.25) is 5.82 Å². The summed E-state index contributed by atoms with van der Waals surface area (Å²) in [5.74, 6) is 0.341. The second-order valence-electron chi connectivity index (χ2n) is 4.94. The van der Waals surface area contributed by atoms with Crippen molar-refractivity contribution in [2.45, 2.75) is 43.7 Å². The second kappa shape index (κ2) is 6.72. The van der Waals surface area contributed by atoms with E-state index in [0.717, 1.165) is 25.0 Å². The minimum absolute atomic E-state index is 0.164. The number of halogens is 3. The predicted octanol–water partition coefficient (Wildman–Crippen LogP) is 3.62. The molecule has 1 aromatic rings. The number of aromatic nitrogens is 2. The first-order valence-electron chi connectivity index (χ1n) is 6.94. The van der Waals surface area contributed by atoms with Gasteiger partial charge in [0.1, 0.15) is 11.6 Å². The summed E-state index contributed by atoms with van der Waals surface area (Å²) < 4.78 is 38.3. The van der Waals surface area contributed by atoms with Crippen LogP contribution in [-0.4, -0.2) is 34.1 Å². The highest BCUT2D eigenvalue weighted by molar-refractivity contribution is 7.99. The molecule has 0 amide bonds. The molecule has 0 spiro atoms. The Kier molecular flexibility index (Phi) is 5.18. The van der Waals surface area contributed by atoms with Gasteiger partial charge in [-0.3, -0.25) is 0 Å². The van der Waals surface area contributed by atoms with Crippen LogP contribution in [0.2, 0.25) is 0 Å². The largest absolute Gasteiger partial charge is 0.451 e. The standard InChI is InChI=1S/C13H19F3N4S/c1-3-21-9-5-4-8(6-9)18-11-7-10(17-2)19-12(20-11)13(14,15)16/h7-9H,3-6H2,1-2H3,(H2,17,18,19,20). The number of thioether (sulfide) groups is 1. The average Bonchev–Trinajstić information content (AvgIpc) is 2.85. The maximum atomic E-state index is 12.8. The van der Waals surface area contributed by atoms with E-state index in [4.69, 9.17) is 0 Å². The molecule has 2 unspecified atom stereocenters. The number of hydrogen-bond acceptors (Lipinski definition) is 5. The Morgan fingerprint density at radius 1 is 1.29 bits per heavy atom. The summed E-state index contributed by atoms with van der Waals surface area (Å²) >= 11 is 1.90. The van der Waals surface area contributed by atoms with Crippen molar-refractivity contribution in [2.24, 2.45) is 0 Å². The lowest BCUT2D eigenvalue weighted by atomic mass is 10.2. The number of rotatable bonds is 5. The first-order valence-corrected chi connectivity index (χ1v) is 7.99. The first kappa shape index (κ1) is 16.2. The van der Waals surface area contributed by atoms with Crippen molar-refractivity contribution in [1.29, 1.82) is 0 Å². The normalized spacial score (nSPS) is 22.3. The highest BCUT2D eigenvalue weighted by Crippen LogP contribution is 2.32. The molecule has 21 heavy (non-hydrogen) atoms. The van der Waals surface area contributed by atoms with Crippen LogP contribution in [-0.2, 0) is 6.18 Å². The van der Waals surface area contributed by atoms with Gasteiger partial charge in [-0.05, 0) is 25.0 Å². The Labute approximate surface area is 126 Å². The molecule has 0 aromatic carbocycles. The van der Waals surface area contributed by atoms with E-state index in [-0.39, 0.29) is 17.7 Å². The van der Waals surface area contributed by atoms with Gasteiger partial charge in [-0.15, -0.1) is 0 Å². The molecule has 1 heterocycles. The van der Waals surface area contributed by atoms with Crippen molar-refractivity contribution in [3.05, 3.63) is 11.9 Å². The zero-order valence-electron chi connectivity index (χ0n) is 12.0. The third kappa shape index (κ3) is 4.39.